The summed E-state index contributed by atoms with van der Waals surface area (Å²) >= 11 is 0. The van der Waals surface area contributed by atoms with Gasteiger partial charge in [-0.25, -0.2) is 0 Å². The first-order chi connectivity index (χ1) is 7.29. The molecule has 0 aromatic rings. The van der Waals surface area contributed by atoms with Crippen molar-refractivity contribution in [1.82, 2.24) is 10.2 Å². The number of carbonyl (C=O) groups is 2. The summed E-state index contributed by atoms with van der Waals surface area (Å²) in [5, 5.41) is 10.9. The van der Waals surface area contributed by atoms with Gasteiger partial charge in [0.25, 0.3) is 0 Å². The molecule has 92 valence electrons. The zero-order valence-electron chi connectivity index (χ0n) is 8.25. The molecular weight excluding hydrogens is 229 g/mol. The average molecular weight is 240 g/mol. The SMILES string of the molecule is O=C(O)CC1C(=O)NCCN1CC(F)(F)F. The summed E-state index contributed by atoms with van der Waals surface area (Å²) in [5.74, 6) is -1.97. The Morgan fingerprint density at radius 3 is 2.69 bits per heavy atom. The molecule has 1 atom stereocenters. The Labute approximate surface area is 89.2 Å². The van der Waals surface area contributed by atoms with E-state index in [1.165, 1.54) is 0 Å². The van der Waals surface area contributed by atoms with Crippen LogP contribution in [-0.2, 0) is 9.59 Å². The number of carboxylic acid groups (broad SMARTS) is 1. The Kier molecular flexibility index (Phi) is 3.74. The topological polar surface area (TPSA) is 69.6 Å². The first-order valence-corrected chi connectivity index (χ1v) is 4.60. The molecule has 5 nitrogen and oxygen atoms in total. The van der Waals surface area contributed by atoms with E-state index < -0.39 is 37.1 Å². The van der Waals surface area contributed by atoms with Gasteiger partial charge in [0.2, 0.25) is 5.91 Å². The predicted molar refractivity (Wildman–Crippen MR) is 46.7 cm³/mol. The Hall–Kier alpha value is -1.31. The van der Waals surface area contributed by atoms with Crippen molar-refractivity contribution in [2.45, 2.75) is 18.6 Å². The second-order valence-corrected chi connectivity index (χ2v) is 3.49. The van der Waals surface area contributed by atoms with Crippen molar-refractivity contribution < 1.29 is 27.9 Å². The molecule has 0 saturated carbocycles. The summed E-state index contributed by atoms with van der Waals surface area (Å²) in [6, 6.07) is -1.24. The average Bonchev–Trinajstić information content (AvgIpc) is 2.08. The third-order valence-corrected chi connectivity index (χ3v) is 2.19. The maximum atomic E-state index is 12.2. The molecule has 1 aliphatic heterocycles. The maximum absolute atomic E-state index is 12.2. The molecule has 0 aromatic heterocycles. The molecule has 1 saturated heterocycles. The van der Waals surface area contributed by atoms with E-state index in [9.17, 15) is 22.8 Å². The van der Waals surface area contributed by atoms with Gasteiger partial charge in [-0.2, -0.15) is 13.2 Å². The van der Waals surface area contributed by atoms with Crippen LogP contribution in [0.15, 0.2) is 0 Å². The molecule has 0 radical (unpaired) electrons. The van der Waals surface area contributed by atoms with Crippen molar-refractivity contribution in [1.29, 1.82) is 0 Å². The number of carboxylic acids is 1. The van der Waals surface area contributed by atoms with Crippen molar-refractivity contribution in [2.75, 3.05) is 19.6 Å². The second-order valence-electron chi connectivity index (χ2n) is 3.49. The molecule has 1 fully saturated rings. The lowest BCUT2D eigenvalue weighted by molar-refractivity contribution is -0.162. The third kappa shape index (κ3) is 3.69. The van der Waals surface area contributed by atoms with Crippen molar-refractivity contribution in [2.24, 2.45) is 0 Å². The van der Waals surface area contributed by atoms with Crippen LogP contribution in [0.25, 0.3) is 0 Å². The van der Waals surface area contributed by atoms with E-state index in [0.29, 0.717) is 0 Å². The first-order valence-electron chi connectivity index (χ1n) is 4.60. The van der Waals surface area contributed by atoms with Gasteiger partial charge in [0, 0.05) is 13.1 Å². The fourth-order valence-electron chi connectivity index (χ4n) is 1.57. The zero-order chi connectivity index (χ0) is 12.3. The Balaban J connectivity index is 2.70. The van der Waals surface area contributed by atoms with E-state index in [4.69, 9.17) is 5.11 Å². The molecule has 1 amide bonds. The van der Waals surface area contributed by atoms with E-state index in [1.807, 2.05) is 0 Å². The smallest absolute Gasteiger partial charge is 0.401 e. The molecule has 16 heavy (non-hydrogen) atoms. The lowest BCUT2D eigenvalue weighted by atomic mass is 10.1. The van der Waals surface area contributed by atoms with Crippen LogP contribution in [0.3, 0.4) is 0 Å². The molecule has 1 heterocycles. The third-order valence-electron chi connectivity index (χ3n) is 2.19. The van der Waals surface area contributed by atoms with Crippen LogP contribution < -0.4 is 5.32 Å². The Morgan fingerprint density at radius 1 is 1.56 bits per heavy atom. The summed E-state index contributed by atoms with van der Waals surface area (Å²) in [6.45, 7) is -1.16. The summed E-state index contributed by atoms with van der Waals surface area (Å²) in [7, 11) is 0. The Morgan fingerprint density at radius 2 is 2.19 bits per heavy atom. The highest BCUT2D eigenvalue weighted by atomic mass is 19.4. The van der Waals surface area contributed by atoms with E-state index in [1.54, 1.807) is 0 Å². The van der Waals surface area contributed by atoms with E-state index in [-0.39, 0.29) is 13.1 Å². The monoisotopic (exact) mass is 240 g/mol. The molecule has 1 unspecified atom stereocenters. The lowest BCUT2D eigenvalue weighted by Gasteiger charge is -2.34. The Bertz CT molecular complexity index is 293. The lowest BCUT2D eigenvalue weighted by Crippen LogP contribution is -2.57. The number of hydrogen-bond donors (Lipinski definition) is 2. The van der Waals surface area contributed by atoms with E-state index in [0.717, 1.165) is 4.90 Å². The fourth-order valence-corrected chi connectivity index (χ4v) is 1.57. The molecule has 1 aliphatic rings. The number of rotatable bonds is 3. The number of hydrogen-bond acceptors (Lipinski definition) is 3. The standard InChI is InChI=1S/C8H11F3N2O3/c9-8(10,11)4-13-2-1-12-7(16)5(13)3-6(14)15/h5H,1-4H2,(H,12,16)(H,14,15). The predicted octanol–water partition coefficient (Wildman–Crippen LogP) is -0.176. The number of nitrogens with zero attached hydrogens (tertiary/aromatic N) is 1. The van der Waals surface area contributed by atoms with Gasteiger partial charge in [-0.15, -0.1) is 0 Å². The minimum Gasteiger partial charge on any atom is -0.481 e. The van der Waals surface area contributed by atoms with Crippen LogP contribution in [-0.4, -0.2) is 53.7 Å². The van der Waals surface area contributed by atoms with Gasteiger partial charge in [0.05, 0.1) is 19.0 Å². The molecule has 0 bridgehead atoms. The number of piperazine rings is 1. The number of carbonyl (C=O) groups excluding carboxylic acids is 1. The minimum absolute atomic E-state index is 0.00317. The molecular formula is C8H11F3N2O3. The van der Waals surface area contributed by atoms with Crippen LogP contribution in [0, 0.1) is 0 Å². The summed E-state index contributed by atoms with van der Waals surface area (Å²) in [5.41, 5.74) is 0. The second kappa shape index (κ2) is 4.69. The number of aliphatic carboxylic acids is 1. The van der Waals surface area contributed by atoms with Crippen LogP contribution in [0.2, 0.25) is 0 Å². The molecule has 0 aliphatic carbocycles. The minimum atomic E-state index is -4.44. The first kappa shape index (κ1) is 12.8. The van der Waals surface area contributed by atoms with Gasteiger partial charge in [0.15, 0.2) is 0 Å². The van der Waals surface area contributed by atoms with Crippen LogP contribution in [0.4, 0.5) is 13.2 Å². The van der Waals surface area contributed by atoms with E-state index >= 15 is 0 Å². The fraction of sp³-hybridized carbons (Fsp3) is 0.750. The van der Waals surface area contributed by atoms with Crippen LogP contribution in [0.1, 0.15) is 6.42 Å². The van der Waals surface area contributed by atoms with Crippen molar-refractivity contribution in [3.63, 3.8) is 0 Å². The van der Waals surface area contributed by atoms with Crippen molar-refractivity contribution >= 4 is 11.9 Å². The highest BCUT2D eigenvalue weighted by molar-refractivity contribution is 5.86. The largest absolute Gasteiger partial charge is 0.481 e. The summed E-state index contributed by atoms with van der Waals surface area (Å²) in [4.78, 5) is 22.5. The van der Waals surface area contributed by atoms with Crippen molar-refractivity contribution in [3.8, 4) is 0 Å². The van der Waals surface area contributed by atoms with Gasteiger partial charge in [0.1, 0.15) is 0 Å². The zero-order valence-corrected chi connectivity index (χ0v) is 8.25. The molecule has 0 aromatic carbocycles. The molecule has 2 N–H and O–H groups in total. The van der Waals surface area contributed by atoms with Gasteiger partial charge >= 0.3 is 12.1 Å². The van der Waals surface area contributed by atoms with Crippen molar-refractivity contribution in [3.05, 3.63) is 0 Å². The van der Waals surface area contributed by atoms with Crippen LogP contribution >= 0.6 is 0 Å². The van der Waals surface area contributed by atoms with Gasteiger partial charge in [-0.3, -0.25) is 14.5 Å². The number of alkyl halides is 3. The number of nitrogens with one attached hydrogen (secondary N) is 1. The number of halogens is 3. The highest BCUT2D eigenvalue weighted by Gasteiger charge is 2.38. The summed E-state index contributed by atoms with van der Waals surface area (Å²) < 4.78 is 36.5. The quantitative estimate of drug-likeness (QED) is 0.718. The maximum Gasteiger partial charge on any atom is 0.401 e. The van der Waals surface area contributed by atoms with Gasteiger partial charge in [-0.1, -0.05) is 0 Å². The normalized spacial score (nSPS) is 22.9. The van der Waals surface area contributed by atoms with Crippen LogP contribution in [0.5, 0.6) is 0 Å². The van der Waals surface area contributed by atoms with Gasteiger partial charge in [-0.05, 0) is 0 Å². The summed E-state index contributed by atoms with van der Waals surface area (Å²) in [6.07, 6.45) is -5.06. The van der Waals surface area contributed by atoms with E-state index in [2.05, 4.69) is 5.32 Å². The molecule has 1 rings (SSSR count). The highest BCUT2D eigenvalue weighted by Crippen LogP contribution is 2.20. The van der Waals surface area contributed by atoms with Gasteiger partial charge < -0.3 is 10.4 Å². The molecule has 0 spiro atoms. The number of amides is 1. The molecule has 8 heteroatoms.